The van der Waals surface area contributed by atoms with Crippen LogP contribution in [0.2, 0.25) is 0 Å². The van der Waals surface area contributed by atoms with Crippen molar-refractivity contribution < 1.29 is 14.7 Å². The van der Waals surface area contributed by atoms with E-state index < -0.39 is 11.4 Å². The van der Waals surface area contributed by atoms with E-state index in [0.29, 0.717) is 5.69 Å². The fourth-order valence-corrected chi connectivity index (χ4v) is 1.34. The van der Waals surface area contributed by atoms with Crippen LogP contribution in [0.25, 0.3) is 0 Å². The second-order valence-electron chi connectivity index (χ2n) is 4.96. The molecule has 1 amide bonds. The van der Waals surface area contributed by atoms with Crippen LogP contribution in [0.1, 0.15) is 32.8 Å². The van der Waals surface area contributed by atoms with Crippen LogP contribution in [0.15, 0.2) is 24.3 Å². The molecule has 4 heteroatoms. The first kappa shape index (κ1) is 14.2. The molecule has 0 aliphatic rings. The number of hydrogen-bond donors (Lipinski definition) is 2. The molecule has 0 bridgehead atoms. The number of rotatable bonds is 5. The number of carboxylic acids is 1. The van der Waals surface area contributed by atoms with Crippen LogP contribution in [-0.4, -0.2) is 17.0 Å². The number of hydrogen-bond acceptors (Lipinski definition) is 2. The van der Waals surface area contributed by atoms with Gasteiger partial charge in [0.05, 0.1) is 6.42 Å². The normalized spacial score (nSPS) is 11.1. The molecule has 0 radical (unpaired) electrons. The lowest BCUT2D eigenvalue weighted by Gasteiger charge is -2.21. The molecule has 0 fully saturated rings. The Balaban J connectivity index is 2.69. The first-order valence-corrected chi connectivity index (χ1v) is 5.97. The van der Waals surface area contributed by atoms with Crippen molar-refractivity contribution in [3.63, 3.8) is 0 Å². The molecule has 0 saturated heterocycles. The summed E-state index contributed by atoms with van der Waals surface area (Å²) in [5.41, 5.74) is 1.01. The zero-order valence-electron chi connectivity index (χ0n) is 11.0. The van der Waals surface area contributed by atoms with Crippen molar-refractivity contribution >= 4 is 17.6 Å². The third-order valence-electron chi connectivity index (χ3n) is 3.07. The molecule has 0 atom stereocenters. The topological polar surface area (TPSA) is 66.4 Å². The van der Waals surface area contributed by atoms with E-state index in [1.165, 1.54) is 0 Å². The Morgan fingerprint density at radius 3 is 2.22 bits per heavy atom. The van der Waals surface area contributed by atoms with E-state index in [0.717, 1.165) is 12.0 Å². The van der Waals surface area contributed by atoms with Gasteiger partial charge in [0.2, 0.25) is 5.91 Å². The van der Waals surface area contributed by atoms with Gasteiger partial charge in [-0.1, -0.05) is 32.9 Å². The average Bonchev–Trinajstić information content (AvgIpc) is 2.31. The van der Waals surface area contributed by atoms with E-state index in [1.54, 1.807) is 24.3 Å². The molecule has 0 unspecified atom stereocenters. The lowest BCUT2D eigenvalue weighted by molar-refractivity contribution is -0.136. The molecular formula is C14H19NO3. The zero-order chi connectivity index (χ0) is 13.8. The number of carbonyl (C=O) groups is 2. The van der Waals surface area contributed by atoms with Crippen LogP contribution >= 0.6 is 0 Å². The highest BCUT2D eigenvalue weighted by Gasteiger charge is 2.25. The molecule has 0 aliphatic carbocycles. The van der Waals surface area contributed by atoms with Gasteiger partial charge in [-0.25, -0.2) is 0 Å². The quantitative estimate of drug-likeness (QED) is 0.843. The fraction of sp³-hybridized carbons (Fsp3) is 0.429. The minimum absolute atomic E-state index is 0.00528. The summed E-state index contributed by atoms with van der Waals surface area (Å²) in [7, 11) is 0. The van der Waals surface area contributed by atoms with Crippen LogP contribution in [-0.2, 0) is 16.0 Å². The van der Waals surface area contributed by atoms with Gasteiger partial charge in [-0.3, -0.25) is 9.59 Å². The summed E-state index contributed by atoms with van der Waals surface area (Å²) in [5.74, 6) is -0.894. The molecule has 1 aromatic carbocycles. The highest BCUT2D eigenvalue weighted by molar-refractivity contribution is 5.94. The lowest BCUT2D eigenvalue weighted by atomic mass is 9.89. The Kier molecular flexibility index (Phi) is 4.48. The smallest absolute Gasteiger partial charge is 0.307 e. The molecule has 0 aromatic heterocycles. The number of amides is 1. The van der Waals surface area contributed by atoms with Gasteiger partial charge in [0.15, 0.2) is 0 Å². The van der Waals surface area contributed by atoms with Crippen LogP contribution in [0, 0.1) is 5.41 Å². The van der Waals surface area contributed by atoms with Gasteiger partial charge in [0.1, 0.15) is 0 Å². The lowest BCUT2D eigenvalue weighted by Crippen LogP contribution is -2.29. The van der Waals surface area contributed by atoms with Crippen molar-refractivity contribution in [1.29, 1.82) is 0 Å². The van der Waals surface area contributed by atoms with E-state index in [4.69, 9.17) is 5.11 Å². The summed E-state index contributed by atoms with van der Waals surface area (Å²) in [6.07, 6.45) is 0.755. The van der Waals surface area contributed by atoms with Gasteiger partial charge in [0, 0.05) is 11.1 Å². The van der Waals surface area contributed by atoms with Crippen molar-refractivity contribution in [1.82, 2.24) is 0 Å². The summed E-state index contributed by atoms with van der Waals surface area (Å²) >= 11 is 0. The number of anilines is 1. The van der Waals surface area contributed by atoms with Crippen molar-refractivity contribution in [3.05, 3.63) is 29.8 Å². The summed E-state index contributed by atoms with van der Waals surface area (Å²) in [6, 6.07) is 6.87. The number of nitrogens with one attached hydrogen (secondary N) is 1. The van der Waals surface area contributed by atoms with E-state index in [1.807, 2.05) is 20.8 Å². The number of benzene rings is 1. The molecule has 4 nitrogen and oxygen atoms in total. The van der Waals surface area contributed by atoms with Crippen LogP contribution in [0.3, 0.4) is 0 Å². The predicted octanol–water partition coefficient (Wildman–Crippen LogP) is 2.69. The summed E-state index contributed by atoms with van der Waals surface area (Å²) < 4.78 is 0. The first-order chi connectivity index (χ1) is 8.35. The first-order valence-electron chi connectivity index (χ1n) is 5.97. The van der Waals surface area contributed by atoms with Crippen molar-refractivity contribution in [2.24, 2.45) is 5.41 Å². The van der Waals surface area contributed by atoms with Gasteiger partial charge >= 0.3 is 5.97 Å². The second kappa shape index (κ2) is 5.67. The molecule has 0 heterocycles. The Morgan fingerprint density at radius 1 is 1.22 bits per heavy atom. The fourth-order valence-electron chi connectivity index (χ4n) is 1.34. The minimum atomic E-state index is -0.862. The monoisotopic (exact) mass is 249 g/mol. The number of carboxylic acid groups (broad SMARTS) is 1. The maximum absolute atomic E-state index is 11.9. The third kappa shape index (κ3) is 3.87. The second-order valence-corrected chi connectivity index (χ2v) is 4.96. The maximum Gasteiger partial charge on any atom is 0.307 e. The molecule has 98 valence electrons. The number of aliphatic carboxylic acids is 1. The van der Waals surface area contributed by atoms with Crippen molar-refractivity contribution in [2.75, 3.05) is 5.32 Å². The van der Waals surface area contributed by atoms with Crippen molar-refractivity contribution in [3.8, 4) is 0 Å². The van der Waals surface area contributed by atoms with Gasteiger partial charge in [-0.05, 0) is 24.1 Å². The summed E-state index contributed by atoms with van der Waals surface area (Å²) in [5, 5.41) is 11.5. The Hall–Kier alpha value is -1.84. The van der Waals surface area contributed by atoms with E-state index >= 15 is 0 Å². The van der Waals surface area contributed by atoms with Crippen LogP contribution in [0.5, 0.6) is 0 Å². The van der Waals surface area contributed by atoms with Gasteiger partial charge in [-0.15, -0.1) is 0 Å². The van der Waals surface area contributed by atoms with Gasteiger partial charge in [-0.2, -0.15) is 0 Å². The van der Waals surface area contributed by atoms with Gasteiger partial charge < -0.3 is 10.4 Å². The molecule has 2 N–H and O–H groups in total. The Morgan fingerprint density at radius 2 is 1.78 bits per heavy atom. The van der Waals surface area contributed by atoms with E-state index in [2.05, 4.69) is 5.32 Å². The molecule has 0 spiro atoms. The standard InChI is InChI=1S/C14H19NO3/c1-4-14(2,3)13(18)15-11-7-5-10(6-8-11)9-12(16)17/h5-8H,4,9H2,1-3H3,(H,15,18)(H,16,17). The summed E-state index contributed by atoms with van der Waals surface area (Å²) in [4.78, 5) is 22.5. The van der Waals surface area contributed by atoms with E-state index in [-0.39, 0.29) is 12.3 Å². The highest BCUT2D eigenvalue weighted by atomic mass is 16.4. The highest BCUT2D eigenvalue weighted by Crippen LogP contribution is 2.22. The number of carbonyl (C=O) groups excluding carboxylic acids is 1. The summed E-state index contributed by atoms with van der Waals surface area (Å²) in [6.45, 7) is 5.75. The zero-order valence-corrected chi connectivity index (χ0v) is 11.0. The Bertz CT molecular complexity index is 435. The van der Waals surface area contributed by atoms with Crippen LogP contribution in [0.4, 0.5) is 5.69 Å². The van der Waals surface area contributed by atoms with Crippen molar-refractivity contribution in [2.45, 2.75) is 33.6 Å². The van der Waals surface area contributed by atoms with Gasteiger partial charge in [0.25, 0.3) is 0 Å². The molecule has 1 rings (SSSR count). The maximum atomic E-state index is 11.9. The third-order valence-corrected chi connectivity index (χ3v) is 3.07. The molecular weight excluding hydrogens is 230 g/mol. The molecule has 0 aliphatic heterocycles. The predicted molar refractivity (Wildman–Crippen MR) is 70.5 cm³/mol. The Labute approximate surface area is 107 Å². The van der Waals surface area contributed by atoms with Crippen LogP contribution < -0.4 is 5.32 Å². The average molecular weight is 249 g/mol. The molecule has 1 aromatic rings. The molecule has 18 heavy (non-hydrogen) atoms. The molecule has 0 saturated carbocycles. The van der Waals surface area contributed by atoms with E-state index in [9.17, 15) is 9.59 Å². The minimum Gasteiger partial charge on any atom is -0.481 e. The largest absolute Gasteiger partial charge is 0.481 e. The SMILES string of the molecule is CCC(C)(C)C(=O)Nc1ccc(CC(=O)O)cc1.